The Kier molecular flexibility index (Phi) is 3.66. The van der Waals surface area contributed by atoms with E-state index >= 15 is 0 Å². The van der Waals surface area contributed by atoms with Crippen LogP contribution in [0.3, 0.4) is 0 Å². The lowest BCUT2D eigenvalue weighted by Crippen LogP contribution is -2.35. The number of amides is 1. The van der Waals surface area contributed by atoms with Crippen molar-refractivity contribution >= 4 is 11.9 Å². The number of hydrogen-bond donors (Lipinski definition) is 3. The monoisotopic (exact) mass is 252 g/mol. The quantitative estimate of drug-likeness (QED) is 0.715. The second kappa shape index (κ2) is 5.22. The van der Waals surface area contributed by atoms with Crippen LogP contribution in [0, 0.1) is 6.92 Å². The molecular weight excluding hydrogens is 236 g/mol. The summed E-state index contributed by atoms with van der Waals surface area (Å²) in [7, 11) is 0. The zero-order chi connectivity index (χ0) is 13.1. The standard InChI is InChI=1S/C12H16N2O4/c1-7-4-9(18-11(7)12(16)17)6-13-5-8-2-3-10(15)14-8/h4,8,13H,2-3,5-6H2,1H3,(H,14,15)(H,16,17). The van der Waals surface area contributed by atoms with Gasteiger partial charge >= 0.3 is 5.97 Å². The molecule has 1 aliphatic heterocycles. The highest BCUT2D eigenvalue weighted by molar-refractivity contribution is 5.86. The Hall–Kier alpha value is -1.82. The molecule has 6 nitrogen and oxygen atoms in total. The van der Waals surface area contributed by atoms with Crippen molar-refractivity contribution < 1.29 is 19.1 Å². The lowest BCUT2D eigenvalue weighted by molar-refractivity contribution is -0.119. The number of nitrogens with one attached hydrogen (secondary N) is 2. The van der Waals surface area contributed by atoms with Crippen LogP contribution in [0.15, 0.2) is 10.5 Å². The highest BCUT2D eigenvalue weighted by Gasteiger charge is 2.20. The maximum absolute atomic E-state index is 11.0. The first-order valence-electron chi connectivity index (χ1n) is 5.89. The molecule has 0 spiro atoms. The number of furan rings is 1. The Labute approximate surface area is 104 Å². The minimum atomic E-state index is -1.05. The Bertz CT molecular complexity index is 467. The molecule has 0 saturated carbocycles. The fourth-order valence-electron chi connectivity index (χ4n) is 2.05. The normalized spacial score (nSPS) is 18.9. The van der Waals surface area contributed by atoms with Gasteiger partial charge in [-0.3, -0.25) is 4.79 Å². The van der Waals surface area contributed by atoms with Crippen molar-refractivity contribution in [2.24, 2.45) is 0 Å². The molecule has 0 aliphatic carbocycles. The third-order valence-electron chi connectivity index (χ3n) is 2.94. The molecule has 1 fully saturated rings. The first kappa shape index (κ1) is 12.6. The van der Waals surface area contributed by atoms with Gasteiger partial charge in [0.25, 0.3) is 0 Å². The fourth-order valence-corrected chi connectivity index (χ4v) is 2.05. The van der Waals surface area contributed by atoms with Crippen LogP contribution in [0.4, 0.5) is 0 Å². The van der Waals surface area contributed by atoms with E-state index in [0.717, 1.165) is 6.42 Å². The van der Waals surface area contributed by atoms with E-state index < -0.39 is 5.97 Å². The van der Waals surface area contributed by atoms with Gasteiger partial charge < -0.3 is 20.2 Å². The Morgan fingerprint density at radius 1 is 1.67 bits per heavy atom. The van der Waals surface area contributed by atoms with Crippen molar-refractivity contribution in [2.75, 3.05) is 6.54 Å². The summed E-state index contributed by atoms with van der Waals surface area (Å²) in [6.45, 7) is 2.82. The maximum atomic E-state index is 11.0. The highest BCUT2D eigenvalue weighted by atomic mass is 16.4. The average molecular weight is 252 g/mol. The molecule has 3 N–H and O–H groups in total. The van der Waals surface area contributed by atoms with Crippen LogP contribution in [0.2, 0.25) is 0 Å². The van der Waals surface area contributed by atoms with Gasteiger partial charge in [0.15, 0.2) is 0 Å². The molecule has 1 unspecified atom stereocenters. The number of carbonyl (C=O) groups excluding carboxylic acids is 1. The van der Waals surface area contributed by atoms with Crippen molar-refractivity contribution in [3.05, 3.63) is 23.2 Å². The molecule has 2 heterocycles. The molecule has 0 bridgehead atoms. The van der Waals surface area contributed by atoms with Crippen molar-refractivity contribution in [3.8, 4) is 0 Å². The second-order valence-electron chi connectivity index (χ2n) is 4.46. The van der Waals surface area contributed by atoms with E-state index in [4.69, 9.17) is 9.52 Å². The zero-order valence-corrected chi connectivity index (χ0v) is 10.2. The summed E-state index contributed by atoms with van der Waals surface area (Å²) in [5, 5.41) is 14.8. The van der Waals surface area contributed by atoms with Gasteiger partial charge in [-0.15, -0.1) is 0 Å². The number of aryl methyl sites for hydroxylation is 1. The van der Waals surface area contributed by atoms with Gasteiger partial charge in [-0.25, -0.2) is 4.79 Å². The third kappa shape index (κ3) is 2.89. The van der Waals surface area contributed by atoms with Gasteiger partial charge in [0.05, 0.1) is 6.54 Å². The van der Waals surface area contributed by atoms with Crippen LogP contribution in [0.25, 0.3) is 0 Å². The molecule has 1 aliphatic rings. The topological polar surface area (TPSA) is 91.6 Å². The Morgan fingerprint density at radius 3 is 3.00 bits per heavy atom. The van der Waals surface area contributed by atoms with E-state index in [1.807, 2.05) is 0 Å². The SMILES string of the molecule is Cc1cc(CNCC2CCC(=O)N2)oc1C(=O)O. The van der Waals surface area contributed by atoms with Crippen molar-refractivity contribution in [3.63, 3.8) is 0 Å². The number of carbonyl (C=O) groups is 2. The predicted octanol–water partition coefficient (Wildman–Crippen LogP) is 0.654. The minimum absolute atomic E-state index is 0.0130. The van der Waals surface area contributed by atoms with E-state index in [-0.39, 0.29) is 17.7 Å². The van der Waals surface area contributed by atoms with E-state index in [9.17, 15) is 9.59 Å². The van der Waals surface area contributed by atoms with Crippen LogP contribution in [0.5, 0.6) is 0 Å². The summed E-state index contributed by atoms with van der Waals surface area (Å²) in [5.74, 6) is -0.388. The summed E-state index contributed by atoms with van der Waals surface area (Å²) in [5.41, 5.74) is 0.619. The van der Waals surface area contributed by atoms with E-state index in [2.05, 4.69) is 10.6 Å². The first-order valence-corrected chi connectivity index (χ1v) is 5.89. The molecule has 1 aromatic rings. The van der Waals surface area contributed by atoms with Crippen LogP contribution >= 0.6 is 0 Å². The van der Waals surface area contributed by atoms with Gasteiger partial charge in [0, 0.05) is 24.6 Å². The van der Waals surface area contributed by atoms with Gasteiger partial charge in [0.2, 0.25) is 11.7 Å². The summed E-state index contributed by atoms with van der Waals surface area (Å²) < 4.78 is 5.21. The molecule has 1 saturated heterocycles. The largest absolute Gasteiger partial charge is 0.475 e. The van der Waals surface area contributed by atoms with Crippen LogP contribution in [-0.4, -0.2) is 29.6 Å². The molecule has 1 aromatic heterocycles. The summed E-state index contributed by atoms with van der Waals surface area (Å²) in [4.78, 5) is 21.8. The lowest BCUT2D eigenvalue weighted by atomic mass is 10.2. The third-order valence-corrected chi connectivity index (χ3v) is 2.94. The van der Waals surface area contributed by atoms with E-state index in [1.54, 1.807) is 13.0 Å². The smallest absolute Gasteiger partial charge is 0.372 e. The van der Waals surface area contributed by atoms with Gasteiger partial charge in [0.1, 0.15) is 5.76 Å². The molecule has 0 aromatic carbocycles. The van der Waals surface area contributed by atoms with Crippen LogP contribution in [0.1, 0.15) is 34.7 Å². The average Bonchev–Trinajstić information content (AvgIpc) is 2.85. The molecule has 2 rings (SSSR count). The Balaban J connectivity index is 1.81. The molecule has 18 heavy (non-hydrogen) atoms. The van der Waals surface area contributed by atoms with Gasteiger partial charge in [-0.1, -0.05) is 0 Å². The van der Waals surface area contributed by atoms with Crippen LogP contribution < -0.4 is 10.6 Å². The Morgan fingerprint density at radius 2 is 2.44 bits per heavy atom. The minimum Gasteiger partial charge on any atom is -0.475 e. The number of hydrogen-bond acceptors (Lipinski definition) is 4. The molecule has 98 valence electrons. The van der Waals surface area contributed by atoms with Crippen molar-refractivity contribution in [2.45, 2.75) is 32.4 Å². The molecule has 0 radical (unpaired) electrons. The van der Waals surface area contributed by atoms with Gasteiger partial charge in [-0.05, 0) is 19.4 Å². The molecular formula is C12H16N2O4. The van der Waals surface area contributed by atoms with E-state index in [0.29, 0.717) is 30.8 Å². The lowest BCUT2D eigenvalue weighted by Gasteiger charge is -2.09. The maximum Gasteiger partial charge on any atom is 0.372 e. The van der Waals surface area contributed by atoms with Crippen LogP contribution in [-0.2, 0) is 11.3 Å². The summed E-state index contributed by atoms with van der Waals surface area (Å²) in [6.07, 6.45) is 1.42. The van der Waals surface area contributed by atoms with Gasteiger partial charge in [-0.2, -0.15) is 0 Å². The zero-order valence-electron chi connectivity index (χ0n) is 10.2. The number of carboxylic acid groups (broad SMARTS) is 1. The second-order valence-corrected chi connectivity index (χ2v) is 4.46. The predicted molar refractivity (Wildman–Crippen MR) is 63.3 cm³/mol. The number of carboxylic acids is 1. The van der Waals surface area contributed by atoms with E-state index in [1.165, 1.54) is 0 Å². The molecule has 1 amide bonds. The number of aromatic carboxylic acids is 1. The summed E-state index contributed by atoms with van der Waals surface area (Å²) >= 11 is 0. The van der Waals surface area contributed by atoms with Crippen molar-refractivity contribution in [1.29, 1.82) is 0 Å². The number of rotatable bonds is 5. The first-order chi connectivity index (χ1) is 8.56. The van der Waals surface area contributed by atoms with Crippen molar-refractivity contribution in [1.82, 2.24) is 10.6 Å². The summed E-state index contributed by atoms with van der Waals surface area (Å²) in [6, 6.07) is 1.87. The fraction of sp³-hybridized carbons (Fsp3) is 0.500. The molecule has 6 heteroatoms. The molecule has 1 atom stereocenters. The highest BCUT2D eigenvalue weighted by Crippen LogP contribution is 2.14.